The maximum Gasteiger partial charge on any atom is 0.165 e. The molecule has 0 fully saturated rings. The molecule has 0 saturated carbocycles. The average molecular weight is 288 g/mol. The maximum atomic E-state index is 5.93. The zero-order valence-corrected chi connectivity index (χ0v) is 13.2. The van der Waals surface area contributed by atoms with Crippen LogP contribution in [0, 0.1) is 5.92 Å². The zero-order chi connectivity index (χ0) is 15.2. The van der Waals surface area contributed by atoms with E-state index < -0.39 is 0 Å². The summed E-state index contributed by atoms with van der Waals surface area (Å²) < 4.78 is 7.82. The molecule has 0 spiro atoms. The molecule has 114 valence electrons. The third-order valence-corrected chi connectivity index (χ3v) is 3.06. The SMILES string of the molecule is CC(C)CNCc1cnccc1Oc1cnn(C(C)C)c1. The molecule has 2 aromatic heterocycles. The van der Waals surface area contributed by atoms with E-state index in [4.69, 9.17) is 4.74 Å². The van der Waals surface area contributed by atoms with Crippen molar-refractivity contribution in [2.24, 2.45) is 5.92 Å². The highest BCUT2D eigenvalue weighted by Crippen LogP contribution is 2.24. The fourth-order valence-electron chi connectivity index (χ4n) is 1.92. The first-order valence-electron chi connectivity index (χ1n) is 7.42. The molecule has 0 bridgehead atoms. The first kappa shape index (κ1) is 15.5. The maximum absolute atomic E-state index is 5.93. The summed E-state index contributed by atoms with van der Waals surface area (Å²) in [7, 11) is 0. The number of rotatable bonds is 7. The van der Waals surface area contributed by atoms with Crippen molar-refractivity contribution in [1.82, 2.24) is 20.1 Å². The van der Waals surface area contributed by atoms with E-state index in [1.807, 2.05) is 23.1 Å². The Balaban J connectivity index is 2.04. The monoisotopic (exact) mass is 288 g/mol. The van der Waals surface area contributed by atoms with Crippen molar-refractivity contribution in [2.45, 2.75) is 40.3 Å². The molecule has 2 heterocycles. The van der Waals surface area contributed by atoms with Gasteiger partial charge in [-0.15, -0.1) is 0 Å². The van der Waals surface area contributed by atoms with Crippen molar-refractivity contribution in [1.29, 1.82) is 0 Å². The van der Waals surface area contributed by atoms with Crippen LogP contribution in [0.3, 0.4) is 0 Å². The Bertz CT molecular complexity index is 563. The van der Waals surface area contributed by atoms with Crippen molar-refractivity contribution in [2.75, 3.05) is 6.54 Å². The molecule has 0 atom stereocenters. The van der Waals surface area contributed by atoms with Crippen molar-refractivity contribution in [3.05, 3.63) is 36.4 Å². The van der Waals surface area contributed by atoms with Gasteiger partial charge in [-0.3, -0.25) is 9.67 Å². The molecule has 0 aliphatic carbocycles. The van der Waals surface area contributed by atoms with Gasteiger partial charge in [-0.25, -0.2) is 0 Å². The second-order valence-electron chi connectivity index (χ2n) is 5.86. The van der Waals surface area contributed by atoms with Gasteiger partial charge in [-0.2, -0.15) is 5.10 Å². The number of nitrogens with zero attached hydrogens (tertiary/aromatic N) is 3. The van der Waals surface area contributed by atoms with Gasteiger partial charge in [0.1, 0.15) is 5.75 Å². The molecule has 0 aliphatic rings. The van der Waals surface area contributed by atoms with Gasteiger partial charge in [0.05, 0.1) is 12.4 Å². The van der Waals surface area contributed by atoms with Gasteiger partial charge in [0, 0.05) is 30.5 Å². The topological polar surface area (TPSA) is 52.0 Å². The Morgan fingerprint density at radius 3 is 2.71 bits per heavy atom. The lowest BCUT2D eigenvalue weighted by atomic mass is 10.2. The summed E-state index contributed by atoms with van der Waals surface area (Å²) in [5.41, 5.74) is 1.05. The number of aromatic nitrogens is 3. The number of hydrogen-bond acceptors (Lipinski definition) is 4. The summed E-state index contributed by atoms with van der Waals surface area (Å²) in [5.74, 6) is 2.19. The van der Waals surface area contributed by atoms with E-state index in [0.717, 1.165) is 30.2 Å². The van der Waals surface area contributed by atoms with Gasteiger partial charge in [-0.05, 0) is 32.4 Å². The number of nitrogens with one attached hydrogen (secondary N) is 1. The largest absolute Gasteiger partial charge is 0.454 e. The number of pyridine rings is 1. The van der Waals surface area contributed by atoms with Crippen molar-refractivity contribution in [3.8, 4) is 11.5 Å². The summed E-state index contributed by atoms with van der Waals surface area (Å²) in [6, 6.07) is 2.21. The zero-order valence-electron chi connectivity index (χ0n) is 13.2. The van der Waals surface area contributed by atoms with Crippen LogP contribution in [-0.2, 0) is 6.54 Å². The highest BCUT2D eigenvalue weighted by molar-refractivity contribution is 5.34. The third kappa shape index (κ3) is 4.56. The van der Waals surface area contributed by atoms with Crippen LogP contribution in [0.4, 0.5) is 0 Å². The molecule has 2 aromatic rings. The standard InChI is InChI=1S/C16H24N4O/c1-12(2)7-18-9-14-8-17-6-5-16(14)21-15-10-19-20(11-15)13(3)4/h5-6,8,10-13,18H,7,9H2,1-4H3. The third-order valence-electron chi connectivity index (χ3n) is 3.06. The molecule has 1 N–H and O–H groups in total. The first-order chi connectivity index (χ1) is 10.1. The highest BCUT2D eigenvalue weighted by atomic mass is 16.5. The normalized spacial score (nSPS) is 11.3. The molecule has 5 nitrogen and oxygen atoms in total. The summed E-state index contributed by atoms with van der Waals surface area (Å²) in [5, 5.41) is 7.70. The van der Waals surface area contributed by atoms with Crippen LogP contribution in [0.1, 0.15) is 39.3 Å². The minimum absolute atomic E-state index is 0.326. The Hall–Kier alpha value is -1.88. The van der Waals surface area contributed by atoms with Crippen LogP contribution < -0.4 is 10.1 Å². The van der Waals surface area contributed by atoms with Crippen molar-refractivity contribution in [3.63, 3.8) is 0 Å². The smallest absolute Gasteiger partial charge is 0.165 e. The molecule has 21 heavy (non-hydrogen) atoms. The van der Waals surface area contributed by atoms with E-state index >= 15 is 0 Å². The molecule has 0 aromatic carbocycles. The summed E-state index contributed by atoms with van der Waals surface area (Å²) >= 11 is 0. The van der Waals surface area contributed by atoms with E-state index in [2.05, 4.69) is 43.1 Å². The predicted molar refractivity (Wildman–Crippen MR) is 83.5 cm³/mol. The Kier molecular flexibility index (Phi) is 5.33. The average Bonchev–Trinajstić information content (AvgIpc) is 2.89. The predicted octanol–water partition coefficient (Wildman–Crippen LogP) is 3.40. The van der Waals surface area contributed by atoms with Crippen LogP contribution in [0.25, 0.3) is 0 Å². The van der Waals surface area contributed by atoms with Crippen molar-refractivity contribution >= 4 is 0 Å². The molecule has 0 amide bonds. The van der Waals surface area contributed by atoms with Crippen LogP contribution in [0.5, 0.6) is 11.5 Å². The second kappa shape index (κ2) is 7.22. The molecular weight excluding hydrogens is 264 g/mol. The second-order valence-corrected chi connectivity index (χ2v) is 5.86. The quantitative estimate of drug-likeness (QED) is 0.848. The lowest BCUT2D eigenvalue weighted by Gasteiger charge is -2.11. The lowest BCUT2D eigenvalue weighted by Crippen LogP contribution is -2.19. The minimum atomic E-state index is 0.326. The molecule has 2 rings (SSSR count). The molecular formula is C16H24N4O. The van der Waals surface area contributed by atoms with Gasteiger partial charge >= 0.3 is 0 Å². The molecule has 0 radical (unpaired) electrons. The van der Waals surface area contributed by atoms with E-state index in [1.54, 1.807) is 12.4 Å². The minimum Gasteiger partial charge on any atom is -0.454 e. The molecule has 5 heteroatoms. The van der Waals surface area contributed by atoms with Crippen LogP contribution in [0.15, 0.2) is 30.9 Å². The van der Waals surface area contributed by atoms with E-state index in [9.17, 15) is 0 Å². The van der Waals surface area contributed by atoms with E-state index in [0.29, 0.717) is 12.0 Å². The first-order valence-corrected chi connectivity index (χ1v) is 7.42. The Morgan fingerprint density at radius 1 is 1.24 bits per heavy atom. The Morgan fingerprint density at radius 2 is 2.05 bits per heavy atom. The molecule has 0 aliphatic heterocycles. The van der Waals surface area contributed by atoms with Crippen molar-refractivity contribution < 1.29 is 4.74 Å². The van der Waals surface area contributed by atoms with Gasteiger partial charge in [0.25, 0.3) is 0 Å². The molecule has 0 saturated heterocycles. The van der Waals surface area contributed by atoms with Gasteiger partial charge in [0.2, 0.25) is 0 Å². The fraction of sp³-hybridized carbons (Fsp3) is 0.500. The van der Waals surface area contributed by atoms with Gasteiger partial charge < -0.3 is 10.1 Å². The highest BCUT2D eigenvalue weighted by Gasteiger charge is 2.08. The van der Waals surface area contributed by atoms with Gasteiger partial charge in [-0.1, -0.05) is 13.8 Å². The molecule has 0 unspecified atom stereocenters. The summed E-state index contributed by atoms with van der Waals surface area (Å²) in [6.45, 7) is 10.3. The summed E-state index contributed by atoms with van der Waals surface area (Å²) in [6.07, 6.45) is 7.24. The fourth-order valence-corrected chi connectivity index (χ4v) is 1.92. The Labute approximate surface area is 126 Å². The summed E-state index contributed by atoms with van der Waals surface area (Å²) in [4.78, 5) is 4.18. The van der Waals surface area contributed by atoms with E-state index in [1.165, 1.54) is 0 Å². The number of hydrogen-bond donors (Lipinski definition) is 1. The van der Waals surface area contributed by atoms with Gasteiger partial charge in [0.15, 0.2) is 5.75 Å². The van der Waals surface area contributed by atoms with E-state index in [-0.39, 0.29) is 0 Å². The van der Waals surface area contributed by atoms with Crippen LogP contribution in [0.2, 0.25) is 0 Å². The van der Waals surface area contributed by atoms with Crippen LogP contribution >= 0.6 is 0 Å². The lowest BCUT2D eigenvalue weighted by molar-refractivity contribution is 0.464. The number of ether oxygens (including phenoxy) is 1. The van der Waals surface area contributed by atoms with Crippen LogP contribution in [-0.4, -0.2) is 21.3 Å².